The summed E-state index contributed by atoms with van der Waals surface area (Å²) in [5.74, 6) is 0. The number of nitrogens with zero attached hydrogens (tertiary/aromatic N) is 2. The lowest BCUT2D eigenvalue weighted by molar-refractivity contribution is 0.00578. The van der Waals surface area contributed by atoms with Crippen molar-refractivity contribution < 1.29 is 14.5 Å². The topological polar surface area (TPSA) is 85.6 Å². The molecule has 1 saturated carbocycles. The highest BCUT2D eigenvalue weighted by atomic mass is 16.7. The van der Waals surface area contributed by atoms with Crippen molar-refractivity contribution in [2.24, 2.45) is 0 Å². The van der Waals surface area contributed by atoms with E-state index in [1.54, 1.807) is 10.8 Å². The number of fused-ring (bicyclic) bond motifs is 3. The Labute approximate surface area is 187 Å². The van der Waals surface area contributed by atoms with Crippen LogP contribution in [0.4, 0.5) is 0 Å². The molecule has 2 fully saturated rings. The number of nitrogens with one attached hydrogen (secondary N) is 1. The highest BCUT2D eigenvalue weighted by Gasteiger charge is 2.52. The fourth-order valence-electron chi connectivity index (χ4n) is 5.02. The standard InChI is InChI=1S/C24H30BN3O4/c1-23(2)24(3,4)32-25(31-23)18-14-17-15(21-16(18)8-7-12-26-21)11-13-28(22(17)29)20-10-6-5-9-19(20)27-30/h7-8,11-14,19-20,27,30H,5-6,9-10H2,1-4H3/t19-,20-/m0/s1. The molecule has 3 heterocycles. The number of benzene rings is 1. The fourth-order valence-corrected chi connectivity index (χ4v) is 5.02. The first kappa shape index (κ1) is 21.6. The van der Waals surface area contributed by atoms with Gasteiger partial charge in [0.05, 0.1) is 28.8 Å². The maximum atomic E-state index is 13.7. The second-order valence-corrected chi connectivity index (χ2v) is 10.0. The van der Waals surface area contributed by atoms with Crippen LogP contribution in [0.15, 0.2) is 41.5 Å². The molecule has 2 aromatic heterocycles. The van der Waals surface area contributed by atoms with Gasteiger partial charge in [0.25, 0.3) is 5.56 Å². The molecule has 1 saturated heterocycles. The van der Waals surface area contributed by atoms with Crippen LogP contribution in [0, 0.1) is 0 Å². The molecule has 2 aliphatic rings. The largest absolute Gasteiger partial charge is 0.495 e. The van der Waals surface area contributed by atoms with Gasteiger partial charge in [0.1, 0.15) is 0 Å². The molecule has 1 aromatic carbocycles. The van der Waals surface area contributed by atoms with E-state index in [0.29, 0.717) is 5.39 Å². The van der Waals surface area contributed by atoms with E-state index < -0.39 is 18.3 Å². The van der Waals surface area contributed by atoms with E-state index in [9.17, 15) is 10.0 Å². The van der Waals surface area contributed by atoms with Crippen molar-refractivity contribution in [3.05, 3.63) is 47.0 Å². The third kappa shape index (κ3) is 3.28. The molecule has 168 valence electrons. The van der Waals surface area contributed by atoms with Crippen molar-refractivity contribution in [1.29, 1.82) is 0 Å². The summed E-state index contributed by atoms with van der Waals surface area (Å²) >= 11 is 0. The Bertz CT molecular complexity index is 1220. The Morgan fingerprint density at radius 1 is 1.09 bits per heavy atom. The van der Waals surface area contributed by atoms with Crippen LogP contribution in [-0.4, -0.2) is 39.1 Å². The fraction of sp³-hybridized carbons (Fsp3) is 0.500. The Kier molecular flexibility index (Phi) is 5.17. The van der Waals surface area contributed by atoms with Crippen molar-refractivity contribution in [2.75, 3.05) is 0 Å². The van der Waals surface area contributed by atoms with Gasteiger partial charge in [0, 0.05) is 28.6 Å². The molecule has 7 nitrogen and oxygen atoms in total. The molecule has 0 unspecified atom stereocenters. The summed E-state index contributed by atoms with van der Waals surface area (Å²) < 4.78 is 14.4. The van der Waals surface area contributed by atoms with Gasteiger partial charge in [-0.2, -0.15) is 0 Å². The number of hydrogen-bond donors (Lipinski definition) is 2. The molecule has 0 spiro atoms. The van der Waals surface area contributed by atoms with Crippen LogP contribution in [-0.2, 0) is 9.31 Å². The zero-order chi connectivity index (χ0) is 22.7. The van der Waals surface area contributed by atoms with Crippen molar-refractivity contribution in [3.63, 3.8) is 0 Å². The summed E-state index contributed by atoms with van der Waals surface area (Å²) in [6.07, 6.45) is 7.34. The second kappa shape index (κ2) is 7.66. The quantitative estimate of drug-likeness (QED) is 0.373. The zero-order valence-electron chi connectivity index (χ0n) is 19.1. The lowest BCUT2D eigenvalue weighted by Crippen LogP contribution is -2.42. The van der Waals surface area contributed by atoms with Gasteiger partial charge in [0.15, 0.2) is 0 Å². The molecule has 0 radical (unpaired) electrons. The van der Waals surface area contributed by atoms with E-state index in [1.165, 1.54) is 0 Å². The number of rotatable bonds is 3. The van der Waals surface area contributed by atoms with Crippen LogP contribution < -0.4 is 16.5 Å². The van der Waals surface area contributed by atoms with Gasteiger partial charge < -0.3 is 19.1 Å². The van der Waals surface area contributed by atoms with E-state index in [-0.39, 0.29) is 17.6 Å². The lowest BCUT2D eigenvalue weighted by Gasteiger charge is -2.32. The molecule has 3 aromatic rings. The van der Waals surface area contributed by atoms with Gasteiger partial charge in [-0.1, -0.05) is 18.9 Å². The summed E-state index contributed by atoms with van der Waals surface area (Å²) in [7, 11) is -0.592. The predicted molar refractivity (Wildman–Crippen MR) is 125 cm³/mol. The Morgan fingerprint density at radius 2 is 1.81 bits per heavy atom. The van der Waals surface area contributed by atoms with Gasteiger partial charge in [-0.25, -0.2) is 5.48 Å². The van der Waals surface area contributed by atoms with Crippen LogP contribution in [0.2, 0.25) is 0 Å². The van der Waals surface area contributed by atoms with Crippen molar-refractivity contribution in [3.8, 4) is 0 Å². The summed E-state index contributed by atoms with van der Waals surface area (Å²) in [4.78, 5) is 18.3. The maximum absolute atomic E-state index is 13.7. The van der Waals surface area contributed by atoms with E-state index in [1.807, 2.05) is 58.2 Å². The molecule has 1 aliphatic heterocycles. The van der Waals surface area contributed by atoms with Crippen LogP contribution in [0.3, 0.4) is 0 Å². The van der Waals surface area contributed by atoms with Gasteiger partial charge in [-0.3, -0.25) is 9.78 Å². The van der Waals surface area contributed by atoms with Gasteiger partial charge in [-0.15, -0.1) is 0 Å². The maximum Gasteiger partial charge on any atom is 0.495 e. The first-order chi connectivity index (χ1) is 15.2. The highest BCUT2D eigenvalue weighted by Crippen LogP contribution is 2.37. The summed E-state index contributed by atoms with van der Waals surface area (Å²) in [5.41, 5.74) is 2.94. The highest BCUT2D eigenvalue weighted by molar-refractivity contribution is 6.65. The normalized spacial score (nSPS) is 25.0. The molecule has 0 bridgehead atoms. The summed E-state index contributed by atoms with van der Waals surface area (Å²) in [6, 6.07) is 7.53. The second-order valence-electron chi connectivity index (χ2n) is 10.0. The molecule has 8 heteroatoms. The predicted octanol–water partition coefficient (Wildman–Crippen LogP) is 3.31. The van der Waals surface area contributed by atoms with Gasteiger partial charge >= 0.3 is 7.12 Å². The van der Waals surface area contributed by atoms with Crippen molar-refractivity contribution >= 4 is 34.3 Å². The molecule has 5 rings (SSSR count). The first-order valence-corrected chi connectivity index (χ1v) is 11.4. The summed E-state index contributed by atoms with van der Waals surface area (Å²) in [6.45, 7) is 8.08. The van der Waals surface area contributed by atoms with Crippen LogP contribution in [0.25, 0.3) is 21.7 Å². The van der Waals surface area contributed by atoms with Crippen molar-refractivity contribution in [1.82, 2.24) is 15.0 Å². The number of pyridine rings is 2. The van der Waals surface area contributed by atoms with E-state index >= 15 is 0 Å². The Hall–Kier alpha value is -2.26. The lowest BCUT2D eigenvalue weighted by atomic mass is 9.75. The zero-order valence-corrected chi connectivity index (χ0v) is 19.1. The smallest absolute Gasteiger partial charge is 0.399 e. The third-order valence-electron chi connectivity index (χ3n) is 7.59. The van der Waals surface area contributed by atoms with Crippen LogP contribution in [0.5, 0.6) is 0 Å². The van der Waals surface area contributed by atoms with E-state index in [2.05, 4.69) is 10.5 Å². The summed E-state index contributed by atoms with van der Waals surface area (Å²) in [5, 5.41) is 12.0. The molecule has 0 amide bonds. The van der Waals surface area contributed by atoms with Crippen molar-refractivity contribution in [2.45, 2.75) is 76.7 Å². The van der Waals surface area contributed by atoms with Crippen LogP contribution >= 0.6 is 0 Å². The molecular formula is C24H30BN3O4. The Morgan fingerprint density at radius 3 is 2.53 bits per heavy atom. The minimum Gasteiger partial charge on any atom is -0.399 e. The number of aromatic nitrogens is 2. The minimum absolute atomic E-state index is 0.0834. The average molecular weight is 435 g/mol. The first-order valence-electron chi connectivity index (χ1n) is 11.4. The van der Waals surface area contributed by atoms with E-state index in [0.717, 1.165) is 47.4 Å². The molecule has 32 heavy (non-hydrogen) atoms. The minimum atomic E-state index is -0.592. The van der Waals surface area contributed by atoms with Gasteiger partial charge in [0.2, 0.25) is 0 Å². The average Bonchev–Trinajstić information content (AvgIpc) is 3.00. The molecule has 1 aliphatic carbocycles. The van der Waals surface area contributed by atoms with E-state index in [4.69, 9.17) is 9.31 Å². The molecule has 2 N–H and O–H groups in total. The van der Waals surface area contributed by atoms with Crippen LogP contribution in [0.1, 0.15) is 59.4 Å². The number of hydroxylamine groups is 1. The third-order valence-corrected chi connectivity index (χ3v) is 7.59. The number of hydrogen-bond acceptors (Lipinski definition) is 6. The SMILES string of the molecule is CC1(C)OB(c2cc3c(=O)n([C@H]4CCCC[C@@H]4NO)ccc3c3ncccc23)OC1(C)C. The Balaban J connectivity index is 1.71. The van der Waals surface area contributed by atoms with Gasteiger partial charge in [-0.05, 0) is 64.2 Å². The molecule has 2 atom stereocenters. The molecular weight excluding hydrogens is 405 g/mol. The monoisotopic (exact) mass is 435 g/mol.